The molecule has 1 aliphatic heterocycles. The quantitative estimate of drug-likeness (QED) is 0.251. The van der Waals surface area contributed by atoms with Crippen molar-refractivity contribution in [3.8, 4) is 22.6 Å². The number of pyridine rings is 1. The van der Waals surface area contributed by atoms with Gasteiger partial charge in [0.15, 0.2) is 0 Å². The topological polar surface area (TPSA) is 22.1 Å². The van der Waals surface area contributed by atoms with E-state index in [1.807, 2.05) is 12.4 Å². The average Bonchev–Trinajstić information content (AvgIpc) is 3.24. The predicted molar refractivity (Wildman–Crippen MR) is 145 cm³/mol. The van der Waals surface area contributed by atoms with Gasteiger partial charge in [-0.1, -0.05) is 91.0 Å². The summed E-state index contributed by atoms with van der Waals surface area (Å²) in [6.07, 6.45) is 13.0. The van der Waals surface area contributed by atoms with Gasteiger partial charge in [0.05, 0.1) is 5.41 Å². The lowest BCUT2D eigenvalue weighted by atomic mass is 9.61. The molecule has 2 heteroatoms. The zero-order valence-electron chi connectivity index (χ0n) is 19.6. The Labute approximate surface area is 210 Å². The Kier molecular flexibility index (Phi) is 4.01. The Morgan fingerprint density at radius 3 is 2.50 bits per heavy atom. The summed E-state index contributed by atoms with van der Waals surface area (Å²) in [6.45, 7) is 0. The van der Waals surface area contributed by atoms with Crippen LogP contribution in [0.25, 0.3) is 21.9 Å². The Balaban J connectivity index is 1.47. The molecule has 4 aromatic carbocycles. The lowest BCUT2D eigenvalue weighted by Crippen LogP contribution is -2.37. The molecule has 2 nitrogen and oxygen atoms in total. The minimum atomic E-state index is -0.325. The molecule has 1 aromatic heterocycles. The van der Waals surface area contributed by atoms with Crippen LogP contribution in [0.5, 0.6) is 11.5 Å². The molecule has 0 saturated heterocycles. The van der Waals surface area contributed by atoms with Crippen molar-refractivity contribution in [2.24, 2.45) is 5.92 Å². The number of hydrogen-bond donors (Lipinski definition) is 0. The van der Waals surface area contributed by atoms with Crippen LogP contribution < -0.4 is 4.74 Å². The van der Waals surface area contributed by atoms with E-state index in [1.54, 1.807) is 0 Å². The molecule has 2 aliphatic carbocycles. The maximum absolute atomic E-state index is 6.59. The van der Waals surface area contributed by atoms with Crippen LogP contribution in [0.15, 0.2) is 128 Å². The number of benzene rings is 4. The van der Waals surface area contributed by atoms with Crippen molar-refractivity contribution in [1.82, 2.24) is 4.98 Å². The van der Waals surface area contributed by atoms with E-state index in [0.29, 0.717) is 5.92 Å². The van der Waals surface area contributed by atoms with Gasteiger partial charge in [0.2, 0.25) is 0 Å². The van der Waals surface area contributed by atoms with Crippen molar-refractivity contribution in [1.29, 1.82) is 0 Å². The third-order valence-corrected chi connectivity index (χ3v) is 8.31. The summed E-state index contributed by atoms with van der Waals surface area (Å²) in [5, 5.41) is 2.36. The molecule has 0 amide bonds. The van der Waals surface area contributed by atoms with Gasteiger partial charge in [0, 0.05) is 40.7 Å². The van der Waals surface area contributed by atoms with Crippen LogP contribution in [0.3, 0.4) is 0 Å². The van der Waals surface area contributed by atoms with E-state index in [2.05, 4.69) is 120 Å². The summed E-state index contributed by atoms with van der Waals surface area (Å²) in [6, 6.07) is 32.9. The smallest absolute Gasteiger partial charge is 0.131 e. The highest BCUT2D eigenvalue weighted by molar-refractivity contribution is 5.96. The van der Waals surface area contributed by atoms with Crippen molar-refractivity contribution in [3.63, 3.8) is 0 Å². The molecule has 3 unspecified atom stereocenters. The minimum Gasteiger partial charge on any atom is -0.457 e. The van der Waals surface area contributed by atoms with Crippen LogP contribution >= 0.6 is 0 Å². The van der Waals surface area contributed by atoms with E-state index >= 15 is 0 Å². The maximum Gasteiger partial charge on any atom is 0.131 e. The number of rotatable bonds is 1. The molecule has 5 aromatic rings. The lowest BCUT2D eigenvalue weighted by Gasteiger charge is -2.43. The van der Waals surface area contributed by atoms with Crippen molar-refractivity contribution >= 4 is 10.8 Å². The second-order valence-electron chi connectivity index (χ2n) is 9.93. The minimum absolute atomic E-state index is 0.274. The monoisotopic (exact) mass is 461 g/mol. The lowest BCUT2D eigenvalue weighted by molar-refractivity contribution is 0.374. The first-order chi connectivity index (χ1) is 17.9. The molecule has 0 N–H and O–H groups in total. The number of para-hydroxylation sites is 1. The average molecular weight is 462 g/mol. The van der Waals surface area contributed by atoms with Crippen molar-refractivity contribution in [2.75, 3.05) is 0 Å². The molecule has 0 saturated carbocycles. The second-order valence-corrected chi connectivity index (χ2v) is 9.93. The van der Waals surface area contributed by atoms with Gasteiger partial charge in [-0.2, -0.15) is 0 Å². The summed E-state index contributed by atoms with van der Waals surface area (Å²) in [7, 11) is 0. The van der Waals surface area contributed by atoms with E-state index in [4.69, 9.17) is 4.74 Å². The van der Waals surface area contributed by atoms with Gasteiger partial charge >= 0.3 is 0 Å². The van der Waals surface area contributed by atoms with Gasteiger partial charge in [0.1, 0.15) is 11.5 Å². The van der Waals surface area contributed by atoms with E-state index in [1.165, 1.54) is 38.8 Å². The van der Waals surface area contributed by atoms with Gasteiger partial charge in [-0.05, 0) is 51.9 Å². The number of fused-ring (bicyclic) bond motifs is 10. The first-order valence-electron chi connectivity index (χ1n) is 12.5. The number of aromatic nitrogens is 1. The molecule has 0 bridgehead atoms. The highest BCUT2D eigenvalue weighted by Gasteiger charge is 2.56. The SMILES string of the molecule is C1=CC2c3ccccc3C3(c4ccccc4Oc4ccc(-c5cccc6cnccc56)cc43)C2C=C1. The summed E-state index contributed by atoms with van der Waals surface area (Å²) < 4.78 is 6.59. The zero-order chi connectivity index (χ0) is 23.7. The molecular formula is C34H23NO. The molecule has 170 valence electrons. The fourth-order valence-corrected chi connectivity index (χ4v) is 6.91. The van der Waals surface area contributed by atoms with E-state index in [0.717, 1.165) is 16.9 Å². The molecular weight excluding hydrogens is 438 g/mol. The number of nitrogens with zero attached hydrogens (tertiary/aromatic N) is 1. The standard InChI is InChI=1S/C34H23NO/c1-3-12-28-26(9-1)27-10-2-4-13-29(27)34(28)30-14-5-6-15-32(30)36-33-17-16-22(20-31(33)34)24-11-7-8-23-21-35-19-18-25(23)24/h1-21,26,28H. The van der Waals surface area contributed by atoms with Gasteiger partial charge in [-0.25, -0.2) is 0 Å². The van der Waals surface area contributed by atoms with Crippen LogP contribution in [0.1, 0.15) is 28.2 Å². The van der Waals surface area contributed by atoms with Crippen LogP contribution in [-0.4, -0.2) is 4.98 Å². The van der Waals surface area contributed by atoms with E-state index < -0.39 is 0 Å². The summed E-state index contributed by atoms with van der Waals surface area (Å²) in [4.78, 5) is 4.34. The van der Waals surface area contributed by atoms with E-state index in [-0.39, 0.29) is 11.3 Å². The third kappa shape index (κ3) is 2.48. The fraction of sp³-hybridized carbons (Fsp3) is 0.0882. The molecule has 0 fully saturated rings. The first kappa shape index (κ1) is 19.8. The summed E-state index contributed by atoms with van der Waals surface area (Å²) >= 11 is 0. The highest BCUT2D eigenvalue weighted by atomic mass is 16.5. The molecule has 3 atom stereocenters. The Morgan fingerprint density at radius 1 is 0.694 bits per heavy atom. The Morgan fingerprint density at radius 2 is 1.53 bits per heavy atom. The number of allylic oxidation sites excluding steroid dienone is 4. The highest BCUT2D eigenvalue weighted by Crippen LogP contribution is 2.64. The third-order valence-electron chi connectivity index (χ3n) is 8.31. The van der Waals surface area contributed by atoms with Crippen molar-refractivity contribution < 1.29 is 4.74 Å². The van der Waals surface area contributed by atoms with Gasteiger partial charge in [0.25, 0.3) is 0 Å². The number of ether oxygens (including phenoxy) is 1. The predicted octanol–water partition coefficient (Wildman–Crippen LogP) is 8.18. The van der Waals surface area contributed by atoms with Crippen LogP contribution in [0.4, 0.5) is 0 Å². The Hall–Kier alpha value is -4.43. The van der Waals surface area contributed by atoms with Crippen LogP contribution in [-0.2, 0) is 5.41 Å². The zero-order valence-corrected chi connectivity index (χ0v) is 19.6. The van der Waals surface area contributed by atoms with Gasteiger partial charge in [-0.3, -0.25) is 4.98 Å². The van der Waals surface area contributed by atoms with E-state index in [9.17, 15) is 0 Å². The van der Waals surface area contributed by atoms with Gasteiger partial charge < -0.3 is 4.74 Å². The molecule has 2 heterocycles. The van der Waals surface area contributed by atoms with Crippen LogP contribution in [0, 0.1) is 5.92 Å². The largest absolute Gasteiger partial charge is 0.457 e. The molecule has 1 spiro atoms. The second kappa shape index (κ2) is 7.29. The molecule has 3 aliphatic rings. The molecule has 8 rings (SSSR count). The molecule has 0 radical (unpaired) electrons. The summed E-state index contributed by atoms with van der Waals surface area (Å²) in [5.41, 5.74) is 7.37. The summed E-state index contributed by atoms with van der Waals surface area (Å²) in [5.74, 6) is 2.50. The maximum atomic E-state index is 6.59. The number of hydrogen-bond acceptors (Lipinski definition) is 2. The fourth-order valence-electron chi connectivity index (χ4n) is 6.91. The molecule has 36 heavy (non-hydrogen) atoms. The Bertz CT molecular complexity index is 1740. The van der Waals surface area contributed by atoms with Crippen molar-refractivity contribution in [3.05, 3.63) is 150 Å². The van der Waals surface area contributed by atoms with Crippen LogP contribution in [0.2, 0.25) is 0 Å². The van der Waals surface area contributed by atoms with Crippen molar-refractivity contribution in [2.45, 2.75) is 11.3 Å². The normalized spacial score (nSPS) is 22.6. The van der Waals surface area contributed by atoms with Gasteiger partial charge in [-0.15, -0.1) is 0 Å². The first-order valence-corrected chi connectivity index (χ1v) is 12.5.